The number of nitrogens with zero attached hydrogens (tertiary/aromatic N) is 2. The molecule has 0 bridgehead atoms. The van der Waals surface area contributed by atoms with Crippen molar-refractivity contribution in [1.29, 1.82) is 0 Å². The van der Waals surface area contributed by atoms with Gasteiger partial charge in [-0.3, -0.25) is 9.79 Å². The number of allylic oxidation sites excluding steroid dienone is 2. The lowest BCUT2D eigenvalue weighted by molar-refractivity contribution is -0.137. The molecule has 138 valence electrons. The first-order chi connectivity index (χ1) is 12.0. The zero-order valence-electron chi connectivity index (χ0n) is 15.3. The first kappa shape index (κ1) is 18.4. The number of aliphatic carboxylic acids is 1. The van der Waals surface area contributed by atoms with E-state index in [9.17, 15) is 4.79 Å². The van der Waals surface area contributed by atoms with E-state index in [1.165, 1.54) is 42.6 Å². The second-order valence-corrected chi connectivity index (χ2v) is 8.47. The van der Waals surface area contributed by atoms with Crippen LogP contribution in [0, 0.1) is 0 Å². The second kappa shape index (κ2) is 7.85. The van der Waals surface area contributed by atoms with Gasteiger partial charge in [-0.1, -0.05) is 11.8 Å². The molecular formula is C19H29N3O2S. The van der Waals surface area contributed by atoms with E-state index >= 15 is 0 Å². The maximum absolute atomic E-state index is 10.8. The summed E-state index contributed by atoms with van der Waals surface area (Å²) >= 11 is 1.77. The summed E-state index contributed by atoms with van der Waals surface area (Å²) in [4.78, 5) is 19.4. The molecule has 2 aliphatic carbocycles. The molecule has 0 spiro atoms. The molecule has 1 saturated carbocycles. The van der Waals surface area contributed by atoms with Gasteiger partial charge in [-0.25, -0.2) is 0 Å². The largest absolute Gasteiger partial charge is 0.481 e. The van der Waals surface area contributed by atoms with Gasteiger partial charge in [-0.15, -0.1) is 0 Å². The number of aliphatic imine (C=N–C) groups is 1. The van der Waals surface area contributed by atoms with Crippen LogP contribution in [0.2, 0.25) is 0 Å². The molecule has 5 nitrogen and oxygen atoms in total. The molecule has 3 aliphatic rings. The molecule has 1 aliphatic heterocycles. The fourth-order valence-electron chi connectivity index (χ4n) is 3.65. The van der Waals surface area contributed by atoms with Crippen molar-refractivity contribution in [2.75, 3.05) is 7.05 Å². The summed E-state index contributed by atoms with van der Waals surface area (Å²) in [7, 11) is 2.10. The Labute approximate surface area is 154 Å². The first-order valence-electron chi connectivity index (χ1n) is 9.40. The molecule has 0 saturated heterocycles. The van der Waals surface area contributed by atoms with Gasteiger partial charge in [0, 0.05) is 25.6 Å². The van der Waals surface area contributed by atoms with Gasteiger partial charge in [-0.05, 0) is 68.8 Å². The standard InChI is InChI=1S/C19H29N3O2S/c1-12(10-11-16(23)24)21-19-17(14-8-3-4-9-15(14)25-19)18(20)22(2)13-6-5-7-13/h12-13H,3-11,20H2,1-2H3,(H,23,24)/b18-17+,21-19+/t12-/m1/s1. The molecule has 0 aromatic rings. The lowest BCUT2D eigenvalue weighted by atomic mass is 9.90. The van der Waals surface area contributed by atoms with E-state index < -0.39 is 5.97 Å². The molecule has 0 unspecified atom stereocenters. The van der Waals surface area contributed by atoms with Gasteiger partial charge in [0.25, 0.3) is 0 Å². The van der Waals surface area contributed by atoms with Crippen LogP contribution in [0.3, 0.4) is 0 Å². The number of hydrogen-bond acceptors (Lipinski definition) is 5. The monoisotopic (exact) mass is 363 g/mol. The summed E-state index contributed by atoms with van der Waals surface area (Å²) < 4.78 is 0. The molecule has 1 fully saturated rings. The van der Waals surface area contributed by atoms with Crippen LogP contribution in [0.5, 0.6) is 0 Å². The van der Waals surface area contributed by atoms with Gasteiger partial charge in [0.2, 0.25) is 0 Å². The van der Waals surface area contributed by atoms with Crippen LogP contribution in [0.25, 0.3) is 0 Å². The number of carbonyl (C=O) groups is 1. The zero-order valence-corrected chi connectivity index (χ0v) is 16.1. The summed E-state index contributed by atoms with van der Waals surface area (Å²) in [5, 5.41) is 9.91. The van der Waals surface area contributed by atoms with Crippen LogP contribution in [-0.2, 0) is 4.79 Å². The number of nitrogens with two attached hydrogens (primary N) is 1. The van der Waals surface area contributed by atoms with E-state index in [-0.39, 0.29) is 12.5 Å². The third kappa shape index (κ3) is 4.05. The smallest absolute Gasteiger partial charge is 0.303 e. The summed E-state index contributed by atoms with van der Waals surface area (Å²) in [6, 6.07) is 0.549. The van der Waals surface area contributed by atoms with Crippen LogP contribution in [-0.4, -0.2) is 40.2 Å². The van der Waals surface area contributed by atoms with Gasteiger partial charge >= 0.3 is 5.97 Å². The molecule has 6 heteroatoms. The van der Waals surface area contributed by atoms with Crippen LogP contribution < -0.4 is 5.73 Å². The second-order valence-electron chi connectivity index (χ2n) is 7.38. The van der Waals surface area contributed by atoms with Crippen LogP contribution in [0.1, 0.15) is 64.7 Å². The highest BCUT2D eigenvalue weighted by Gasteiger charge is 2.33. The lowest BCUT2D eigenvalue weighted by Gasteiger charge is -2.37. The fraction of sp³-hybridized carbons (Fsp3) is 0.684. The third-order valence-corrected chi connectivity index (χ3v) is 6.72. The Kier molecular flexibility index (Phi) is 5.77. The van der Waals surface area contributed by atoms with Crippen molar-refractivity contribution in [3.8, 4) is 0 Å². The number of carboxylic acids is 1. The molecular weight excluding hydrogens is 334 g/mol. The summed E-state index contributed by atoms with van der Waals surface area (Å²) in [6.45, 7) is 2.00. The molecule has 1 heterocycles. The number of rotatable bonds is 6. The minimum Gasteiger partial charge on any atom is -0.481 e. The highest BCUT2D eigenvalue weighted by Crippen LogP contribution is 2.47. The first-order valence-corrected chi connectivity index (χ1v) is 10.2. The Morgan fingerprint density at radius 1 is 1.36 bits per heavy atom. The predicted molar refractivity (Wildman–Crippen MR) is 103 cm³/mol. The third-order valence-electron chi connectivity index (χ3n) is 5.52. The van der Waals surface area contributed by atoms with Crippen LogP contribution >= 0.6 is 11.8 Å². The van der Waals surface area contributed by atoms with Crippen molar-refractivity contribution in [3.63, 3.8) is 0 Å². The van der Waals surface area contributed by atoms with Gasteiger partial charge in [-0.2, -0.15) is 0 Å². The molecule has 0 radical (unpaired) electrons. The van der Waals surface area contributed by atoms with Crippen molar-refractivity contribution in [2.24, 2.45) is 10.7 Å². The van der Waals surface area contributed by atoms with Crippen molar-refractivity contribution in [3.05, 3.63) is 21.9 Å². The van der Waals surface area contributed by atoms with Crippen molar-refractivity contribution in [1.82, 2.24) is 4.90 Å². The van der Waals surface area contributed by atoms with E-state index in [1.807, 2.05) is 6.92 Å². The SMILES string of the molecule is C[C@H](CCC(=O)O)/N=C1/SC2=C(CCCC2)/C1=C(/N)N(C)C1CCC1. The van der Waals surface area contributed by atoms with Crippen molar-refractivity contribution >= 4 is 22.8 Å². The maximum atomic E-state index is 10.8. The predicted octanol–water partition coefficient (Wildman–Crippen LogP) is 3.87. The minimum atomic E-state index is -0.761. The van der Waals surface area contributed by atoms with E-state index in [4.69, 9.17) is 15.8 Å². The Morgan fingerprint density at radius 3 is 2.72 bits per heavy atom. The van der Waals surface area contributed by atoms with Gasteiger partial charge in [0.15, 0.2) is 0 Å². The fourth-order valence-corrected chi connectivity index (χ4v) is 5.02. The molecule has 0 aromatic carbocycles. The molecule has 0 aromatic heterocycles. The quantitative estimate of drug-likeness (QED) is 0.749. The van der Waals surface area contributed by atoms with Gasteiger partial charge in [0.05, 0.1) is 5.57 Å². The average Bonchev–Trinajstić information content (AvgIpc) is 2.88. The number of thioether (sulfide) groups is 1. The molecule has 3 N–H and O–H groups in total. The number of hydrogen-bond donors (Lipinski definition) is 2. The summed E-state index contributed by atoms with van der Waals surface area (Å²) in [6.07, 6.45) is 9.09. The Hall–Kier alpha value is -1.43. The van der Waals surface area contributed by atoms with Crippen LogP contribution in [0.15, 0.2) is 26.9 Å². The van der Waals surface area contributed by atoms with E-state index in [0.717, 1.165) is 29.3 Å². The van der Waals surface area contributed by atoms with Crippen molar-refractivity contribution in [2.45, 2.75) is 76.8 Å². The molecule has 0 amide bonds. The molecule has 3 rings (SSSR count). The van der Waals surface area contributed by atoms with E-state index in [2.05, 4.69) is 11.9 Å². The van der Waals surface area contributed by atoms with Gasteiger partial charge in [0.1, 0.15) is 10.9 Å². The topological polar surface area (TPSA) is 78.9 Å². The lowest BCUT2D eigenvalue weighted by Crippen LogP contribution is -2.40. The normalized spacial score (nSPS) is 25.6. The van der Waals surface area contributed by atoms with E-state index in [0.29, 0.717) is 12.5 Å². The van der Waals surface area contributed by atoms with Crippen LogP contribution in [0.4, 0.5) is 0 Å². The minimum absolute atomic E-state index is 0.00300. The number of carboxylic acid groups (broad SMARTS) is 1. The average molecular weight is 364 g/mol. The summed E-state index contributed by atoms with van der Waals surface area (Å²) in [5.41, 5.74) is 9.14. The highest BCUT2D eigenvalue weighted by molar-refractivity contribution is 8.18. The Balaban J connectivity index is 1.87. The highest BCUT2D eigenvalue weighted by atomic mass is 32.2. The van der Waals surface area contributed by atoms with Gasteiger partial charge < -0.3 is 15.7 Å². The molecule has 25 heavy (non-hydrogen) atoms. The Morgan fingerprint density at radius 2 is 2.08 bits per heavy atom. The van der Waals surface area contributed by atoms with Crippen molar-refractivity contribution < 1.29 is 9.90 Å². The maximum Gasteiger partial charge on any atom is 0.303 e. The zero-order chi connectivity index (χ0) is 18.0. The molecule has 1 atom stereocenters. The van der Waals surface area contributed by atoms with E-state index in [1.54, 1.807) is 11.8 Å². The Bertz CT molecular complexity index is 635. The summed E-state index contributed by atoms with van der Waals surface area (Å²) in [5.74, 6) is 0.0943.